The van der Waals surface area contributed by atoms with Gasteiger partial charge in [-0.25, -0.2) is 9.99 Å². The van der Waals surface area contributed by atoms with E-state index in [0.717, 1.165) is 5.56 Å². The van der Waals surface area contributed by atoms with E-state index in [4.69, 9.17) is 28.2 Å². The molecule has 12 heteroatoms. The van der Waals surface area contributed by atoms with Crippen molar-refractivity contribution in [3.63, 3.8) is 0 Å². The van der Waals surface area contributed by atoms with Crippen LogP contribution in [0.15, 0.2) is 105 Å². The summed E-state index contributed by atoms with van der Waals surface area (Å²) in [6.07, 6.45) is 1.64. The van der Waals surface area contributed by atoms with Crippen molar-refractivity contribution in [2.45, 2.75) is 5.37 Å². The number of aromatic nitrogens is 2. The van der Waals surface area contributed by atoms with Gasteiger partial charge in [-0.1, -0.05) is 87.7 Å². The number of carbonyl (C=O) groups excluding carboxylic acids is 2. The maximum Gasteiger partial charge on any atom is 0.281 e. The van der Waals surface area contributed by atoms with Crippen molar-refractivity contribution in [2.24, 2.45) is 0 Å². The number of amides is 2. The summed E-state index contributed by atoms with van der Waals surface area (Å²) in [4.78, 5) is 46.6. The molecule has 2 heterocycles. The molecule has 1 N–H and O–H groups in total. The van der Waals surface area contributed by atoms with Crippen LogP contribution in [0.2, 0.25) is 10.0 Å². The first-order valence-electron chi connectivity index (χ1n) is 13.2. The van der Waals surface area contributed by atoms with Crippen LogP contribution in [0.25, 0.3) is 22.7 Å². The lowest BCUT2D eigenvalue weighted by Crippen LogP contribution is -2.47. The van der Waals surface area contributed by atoms with E-state index in [9.17, 15) is 14.4 Å². The first-order chi connectivity index (χ1) is 21.2. The fraction of sp³-hybridized carbons (Fsp3) is 0.0625. The monoisotopic (exact) mass is 768 g/mol. The molecule has 1 fully saturated rings. The van der Waals surface area contributed by atoms with Gasteiger partial charge in [0, 0.05) is 24.6 Å². The van der Waals surface area contributed by atoms with Crippen molar-refractivity contribution in [2.75, 3.05) is 10.8 Å². The number of hydrogen-bond acceptors (Lipinski definition) is 5. The minimum absolute atomic E-state index is 0.0459. The number of thioether (sulfide) groups is 1. The van der Waals surface area contributed by atoms with Gasteiger partial charge in [0.05, 0.1) is 22.4 Å². The third kappa shape index (κ3) is 6.09. The van der Waals surface area contributed by atoms with Gasteiger partial charge in [-0.2, -0.15) is 4.68 Å². The number of benzene rings is 4. The Morgan fingerprint density at radius 2 is 1.66 bits per heavy atom. The summed E-state index contributed by atoms with van der Waals surface area (Å²) in [5.74, 6) is -0.570. The van der Waals surface area contributed by atoms with Crippen LogP contribution >= 0.6 is 66.8 Å². The molecule has 1 aromatic heterocycles. The highest BCUT2D eigenvalue weighted by Gasteiger charge is 2.38. The van der Waals surface area contributed by atoms with E-state index < -0.39 is 16.8 Å². The molecule has 1 aliphatic rings. The molecule has 6 rings (SSSR count). The molecular formula is C32H20Br2Cl2N4O3S. The maximum atomic E-state index is 14.5. The number of rotatable bonds is 6. The smallest absolute Gasteiger partial charge is 0.281 e. The Labute approximate surface area is 283 Å². The topological polar surface area (TPSA) is 84.3 Å². The van der Waals surface area contributed by atoms with Crippen molar-refractivity contribution in [1.29, 1.82) is 0 Å². The normalized spacial score (nSPS) is 15.2. The number of fused-ring (bicyclic) bond motifs is 1. The molecule has 1 atom stereocenters. The van der Waals surface area contributed by atoms with Crippen molar-refractivity contribution < 1.29 is 9.59 Å². The Morgan fingerprint density at radius 3 is 2.39 bits per heavy atom. The fourth-order valence-electron chi connectivity index (χ4n) is 4.77. The lowest BCUT2D eigenvalue weighted by atomic mass is 10.1. The zero-order valence-corrected chi connectivity index (χ0v) is 28.0. The van der Waals surface area contributed by atoms with Crippen LogP contribution in [0.1, 0.15) is 32.7 Å². The second kappa shape index (κ2) is 12.9. The molecule has 0 aliphatic carbocycles. The van der Waals surface area contributed by atoms with Gasteiger partial charge in [0.25, 0.3) is 17.4 Å². The highest BCUT2D eigenvalue weighted by Crippen LogP contribution is 2.39. The number of halogens is 4. The van der Waals surface area contributed by atoms with E-state index in [1.54, 1.807) is 78.9 Å². The SMILES string of the molecule is O=C(N/C(=C\c1ccccc1Cl)c1nc2c(Br)cc(Br)cc2c(=O)n1N1C(=O)CSC1c1ccc(Cl)cc1)c1ccccc1. The van der Waals surface area contributed by atoms with Crippen LogP contribution in [-0.4, -0.2) is 27.2 Å². The average Bonchev–Trinajstić information content (AvgIpc) is 3.39. The van der Waals surface area contributed by atoms with Crippen molar-refractivity contribution in [1.82, 2.24) is 15.0 Å². The molecule has 7 nitrogen and oxygen atoms in total. The van der Waals surface area contributed by atoms with Gasteiger partial charge in [-0.3, -0.25) is 14.4 Å². The van der Waals surface area contributed by atoms with E-state index >= 15 is 0 Å². The molecule has 5 aromatic rings. The highest BCUT2D eigenvalue weighted by atomic mass is 79.9. The van der Waals surface area contributed by atoms with Gasteiger partial charge in [0.1, 0.15) is 5.37 Å². The van der Waals surface area contributed by atoms with Crippen LogP contribution in [0.3, 0.4) is 0 Å². The fourth-order valence-corrected chi connectivity index (χ4v) is 7.53. The lowest BCUT2D eigenvalue weighted by Gasteiger charge is -2.29. The van der Waals surface area contributed by atoms with Crippen LogP contribution < -0.4 is 15.9 Å². The average molecular weight is 771 g/mol. The van der Waals surface area contributed by atoms with Gasteiger partial charge < -0.3 is 5.32 Å². The van der Waals surface area contributed by atoms with Crippen LogP contribution in [-0.2, 0) is 4.79 Å². The van der Waals surface area contributed by atoms with Crippen molar-refractivity contribution in [3.8, 4) is 0 Å². The summed E-state index contributed by atoms with van der Waals surface area (Å²) < 4.78 is 2.45. The van der Waals surface area contributed by atoms with Gasteiger partial charge in [-0.05, 0) is 75.6 Å². The summed E-state index contributed by atoms with van der Waals surface area (Å²) in [6.45, 7) is 0. The summed E-state index contributed by atoms with van der Waals surface area (Å²) in [5, 5.41) is 4.99. The molecule has 220 valence electrons. The Balaban J connectivity index is 1.64. The van der Waals surface area contributed by atoms with Crippen LogP contribution in [0, 0.1) is 0 Å². The van der Waals surface area contributed by atoms with E-state index in [1.807, 2.05) is 18.2 Å². The minimum atomic E-state index is -0.572. The Kier molecular flexibility index (Phi) is 8.98. The van der Waals surface area contributed by atoms with E-state index in [1.165, 1.54) is 21.4 Å². The standard InChI is InChI=1S/C32H20Br2Cl2N4O3S/c33-21-15-23-28(24(34)16-21)38-29(40(31(23)43)39-27(41)17-44-32(39)19-10-12-22(35)13-11-19)26(14-20-8-4-5-9-25(20)36)37-30(42)18-6-2-1-3-7-18/h1-16,32H,17H2,(H,37,42)/b26-14-. The second-order valence-corrected chi connectivity index (χ2v) is 13.4. The Hall–Kier alpha value is -3.41. The molecule has 4 aromatic carbocycles. The number of nitrogens with zero attached hydrogens (tertiary/aromatic N) is 3. The molecule has 0 saturated carbocycles. The summed E-state index contributed by atoms with van der Waals surface area (Å²) >= 11 is 21.1. The van der Waals surface area contributed by atoms with Gasteiger partial charge in [0.2, 0.25) is 0 Å². The lowest BCUT2D eigenvalue weighted by molar-refractivity contribution is -0.117. The van der Waals surface area contributed by atoms with Gasteiger partial charge >= 0.3 is 0 Å². The number of nitrogens with one attached hydrogen (secondary N) is 1. The zero-order chi connectivity index (χ0) is 31.0. The molecule has 44 heavy (non-hydrogen) atoms. The molecular weight excluding hydrogens is 751 g/mol. The zero-order valence-electron chi connectivity index (χ0n) is 22.5. The van der Waals surface area contributed by atoms with Gasteiger partial charge in [0.15, 0.2) is 5.82 Å². The first-order valence-corrected chi connectivity index (χ1v) is 16.5. The molecule has 2 amide bonds. The molecule has 0 spiro atoms. The van der Waals surface area contributed by atoms with E-state index in [0.29, 0.717) is 35.6 Å². The maximum absolute atomic E-state index is 14.5. The predicted octanol–water partition coefficient (Wildman–Crippen LogP) is 8.07. The quantitative estimate of drug-likeness (QED) is 0.189. The molecule has 0 radical (unpaired) electrons. The first kappa shape index (κ1) is 30.6. The third-order valence-corrected chi connectivity index (χ3v) is 9.67. The van der Waals surface area contributed by atoms with Crippen LogP contribution in [0.4, 0.5) is 0 Å². The van der Waals surface area contributed by atoms with Crippen LogP contribution in [0.5, 0.6) is 0 Å². The van der Waals surface area contributed by atoms with Crippen molar-refractivity contribution >= 4 is 101 Å². The van der Waals surface area contributed by atoms with Gasteiger partial charge in [-0.15, -0.1) is 11.8 Å². The Morgan fingerprint density at radius 1 is 0.955 bits per heavy atom. The molecule has 1 aliphatic heterocycles. The molecule has 1 saturated heterocycles. The third-order valence-electron chi connectivity index (χ3n) is 6.81. The Bertz CT molecular complexity index is 2020. The summed E-state index contributed by atoms with van der Waals surface area (Å²) in [6, 6.07) is 26.3. The minimum Gasteiger partial charge on any atom is -0.319 e. The molecule has 0 bridgehead atoms. The summed E-state index contributed by atoms with van der Waals surface area (Å²) in [7, 11) is 0. The highest BCUT2D eigenvalue weighted by molar-refractivity contribution is 9.11. The van der Waals surface area contributed by atoms with Crippen molar-refractivity contribution in [3.05, 3.63) is 143 Å². The predicted molar refractivity (Wildman–Crippen MR) is 185 cm³/mol. The second-order valence-electron chi connectivity index (χ2n) is 9.69. The summed E-state index contributed by atoms with van der Waals surface area (Å²) in [5.41, 5.74) is 1.75. The largest absolute Gasteiger partial charge is 0.319 e. The van der Waals surface area contributed by atoms with E-state index in [-0.39, 0.29) is 28.6 Å². The van der Waals surface area contributed by atoms with E-state index in [2.05, 4.69) is 37.2 Å². The molecule has 1 unspecified atom stereocenters. The number of carbonyl (C=O) groups is 2. The number of hydrogen-bond donors (Lipinski definition) is 1.